The fraction of sp³-hybridized carbons (Fsp3) is 0.500. The molecular weight excluding hydrogens is 388 g/mol. The predicted molar refractivity (Wildman–Crippen MR) is 114 cm³/mol. The van der Waals surface area contributed by atoms with Gasteiger partial charge in [0.25, 0.3) is 0 Å². The van der Waals surface area contributed by atoms with Crippen LogP contribution in [0.4, 0.5) is 0 Å². The molecule has 0 saturated carbocycles. The average Bonchev–Trinajstić information content (AvgIpc) is 3.18. The first-order valence-electron chi connectivity index (χ1n) is 10.1. The molecule has 2 N–H and O–H groups in total. The molecule has 4 heterocycles. The molecule has 0 aliphatic carbocycles. The zero-order valence-electron chi connectivity index (χ0n) is 16.1. The summed E-state index contributed by atoms with van der Waals surface area (Å²) in [6.45, 7) is 4.53. The Morgan fingerprint density at radius 1 is 1.24 bits per heavy atom. The zero-order valence-corrected chi connectivity index (χ0v) is 17.0. The minimum absolute atomic E-state index is 0.108. The van der Waals surface area contributed by atoms with E-state index in [0.717, 1.165) is 41.2 Å². The van der Waals surface area contributed by atoms with E-state index in [9.17, 15) is 4.79 Å². The van der Waals surface area contributed by atoms with Crippen LogP contribution in [0.5, 0.6) is 0 Å². The lowest BCUT2D eigenvalue weighted by Gasteiger charge is -2.33. The third-order valence-corrected chi connectivity index (χ3v) is 6.53. The SMILES string of the molecule is O=C1NC(N2CCOCC2)=NC(=N[C@@H]2CCCNC2)C1c1nc2ccccc2s1. The first-order chi connectivity index (χ1) is 14.3. The molecular formula is C20H24N6O2S. The molecule has 3 aliphatic heterocycles. The minimum Gasteiger partial charge on any atom is -0.378 e. The Balaban J connectivity index is 1.53. The van der Waals surface area contributed by atoms with Crippen LogP contribution in [0.3, 0.4) is 0 Å². The van der Waals surface area contributed by atoms with Crippen LogP contribution >= 0.6 is 11.3 Å². The van der Waals surface area contributed by atoms with Crippen molar-refractivity contribution in [2.75, 3.05) is 39.4 Å². The number of para-hydroxylation sites is 1. The number of nitrogens with one attached hydrogen (secondary N) is 2. The Kier molecular flexibility index (Phi) is 5.26. The molecule has 3 aliphatic rings. The highest BCUT2D eigenvalue weighted by Gasteiger charge is 2.36. The van der Waals surface area contributed by atoms with Crippen molar-refractivity contribution in [2.24, 2.45) is 9.98 Å². The van der Waals surface area contributed by atoms with Crippen molar-refractivity contribution >= 4 is 39.3 Å². The van der Waals surface area contributed by atoms with E-state index in [1.807, 2.05) is 24.3 Å². The molecule has 0 radical (unpaired) electrons. The number of carbonyl (C=O) groups is 1. The molecule has 1 aromatic heterocycles. The Hall–Kier alpha value is -2.36. The van der Waals surface area contributed by atoms with Gasteiger partial charge < -0.3 is 15.0 Å². The van der Waals surface area contributed by atoms with Gasteiger partial charge in [0.1, 0.15) is 16.8 Å². The van der Waals surface area contributed by atoms with Gasteiger partial charge in [-0.2, -0.15) is 4.99 Å². The van der Waals surface area contributed by atoms with E-state index in [-0.39, 0.29) is 11.9 Å². The molecule has 0 spiro atoms. The molecule has 152 valence electrons. The molecule has 2 saturated heterocycles. The molecule has 5 rings (SSSR count). The molecule has 1 aromatic carbocycles. The summed E-state index contributed by atoms with van der Waals surface area (Å²) < 4.78 is 6.50. The summed E-state index contributed by atoms with van der Waals surface area (Å²) in [5.41, 5.74) is 0.905. The summed E-state index contributed by atoms with van der Waals surface area (Å²) in [6, 6.07) is 8.09. The summed E-state index contributed by atoms with van der Waals surface area (Å²) in [5.74, 6) is 0.475. The highest BCUT2D eigenvalue weighted by molar-refractivity contribution is 7.18. The predicted octanol–water partition coefficient (Wildman–Crippen LogP) is 1.35. The number of ether oxygens (including phenoxy) is 1. The second-order valence-corrected chi connectivity index (χ2v) is 8.53. The topological polar surface area (TPSA) is 91.2 Å². The van der Waals surface area contributed by atoms with Gasteiger partial charge >= 0.3 is 0 Å². The average molecular weight is 413 g/mol. The summed E-state index contributed by atoms with van der Waals surface area (Å²) >= 11 is 1.54. The maximum absolute atomic E-state index is 13.2. The molecule has 8 nitrogen and oxygen atoms in total. The first-order valence-corrected chi connectivity index (χ1v) is 11.0. The molecule has 0 bridgehead atoms. The number of morpholine rings is 1. The Bertz CT molecular complexity index is 926. The lowest BCUT2D eigenvalue weighted by molar-refractivity contribution is -0.120. The first kappa shape index (κ1) is 18.7. The number of rotatable bonds is 2. The van der Waals surface area contributed by atoms with Gasteiger partial charge in [-0.1, -0.05) is 12.1 Å². The second-order valence-electron chi connectivity index (χ2n) is 7.46. The maximum Gasteiger partial charge on any atom is 0.244 e. The van der Waals surface area contributed by atoms with E-state index >= 15 is 0 Å². The highest BCUT2D eigenvalue weighted by Crippen LogP contribution is 2.31. The minimum atomic E-state index is -0.570. The van der Waals surface area contributed by atoms with Crippen molar-refractivity contribution < 1.29 is 9.53 Å². The number of aliphatic imine (C=N–C) groups is 2. The number of thiazole rings is 1. The van der Waals surface area contributed by atoms with Crippen LogP contribution in [0.1, 0.15) is 23.8 Å². The number of aromatic nitrogens is 1. The molecule has 9 heteroatoms. The zero-order chi connectivity index (χ0) is 19.6. The summed E-state index contributed by atoms with van der Waals surface area (Å²) in [4.78, 5) is 29.7. The number of piperidine rings is 1. The summed E-state index contributed by atoms with van der Waals surface area (Å²) in [7, 11) is 0. The van der Waals surface area contributed by atoms with E-state index in [4.69, 9.17) is 19.7 Å². The lowest BCUT2D eigenvalue weighted by Crippen LogP contribution is -2.53. The number of carbonyl (C=O) groups excluding carboxylic acids is 1. The van der Waals surface area contributed by atoms with Gasteiger partial charge in [0.15, 0.2) is 0 Å². The normalized spacial score (nSPS) is 27.2. The Morgan fingerprint density at radius 3 is 2.90 bits per heavy atom. The van der Waals surface area contributed by atoms with E-state index in [0.29, 0.717) is 38.1 Å². The van der Waals surface area contributed by atoms with Crippen molar-refractivity contribution in [2.45, 2.75) is 24.8 Å². The number of hydrogen-bond acceptors (Lipinski definition) is 7. The van der Waals surface area contributed by atoms with Gasteiger partial charge in [0.2, 0.25) is 11.9 Å². The Labute approximate surface area is 173 Å². The number of nitrogens with zero attached hydrogens (tertiary/aromatic N) is 4. The van der Waals surface area contributed by atoms with Crippen LogP contribution in [-0.2, 0) is 9.53 Å². The van der Waals surface area contributed by atoms with Crippen molar-refractivity contribution in [1.82, 2.24) is 20.5 Å². The quantitative estimate of drug-likeness (QED) is 0.777. The van der Waals surface area contributed by atoms with Crippen LogP contribution in [0, 0.1) is 0 Å². The van der Waals surface area contributed by atoms with Crippen LogP contribution in [-0.4, -0.2) is 73.0 Å². The molecule has 2 atom stereocenters. The highest BCUT2D eigenvalue weighted by atomic mass is 32.1. The van der Waals surface area contributed by atoms with E-state index < -0.39 is 5.92 Å². The number of amides is 1. The monoisotopic (exact) mass is 412 g/mol. The van der Waals surface area contributed by atoms with Crippen molar-refractivity contribution in [3.8, 4) is 0 Å². The largest absolute Gasteiger partial charge is 0.378 e. The smallest absolute Gasteiger partial charge is 0.244 e. The van der Waals surface area contributed by atoms with Crippen LogP contribution in [0.15, 0.2) is 34.3 Å². The number of hydrogen-bond donors (Lipinski definition) is 2. The molecule has 2 aromatic rings. The van der Waals surface area contributed by atoms with Crippen LogP contribution < -0.4 is 10.6 Å². The van der Waals surface area contributed by atoms with Crippen molar-refractivity contribution in [1.29, 1.82) is 0 Å². The van der Waals surface area contributed by atoms with Crippen LogP contribution in [0.2, 0.25) is 0 Å². The van der Waals surface area contributed by atoms with E-state index in [1.54, 1.807) is 0 Å². The standard InChI is InChI=1S/C20H24N6O2S/c27-18-16(19-23-14-5-1-2-6-15(14)29-19)17(22-13-4-3-7-21-12-13)24-20(25-18)26-8-10-28-11-9-26/h1-2,5-6,13,16,21H,3-4,7-12H2,(H,22,24,25,27)/t13-,16?/m1/s1. The molecule has 29 heavy (non-hydrogen) atoms. The van der Waals surface area contributed by atoms with Gasteiger partial charge in [-0.25, -0.2) is 4.98 Å². The van der Waals surface area contributed by atoms with Gasteiger partial charge in [-0.15, -0.1) is 11.3 Å². The fourth-order valence-electron chi connectivity index (χ4n) is 3.90. The number of benzene rings is 1. The number of guanidine groups is 1. The van der Waals surface area contributed by atoms with Gasteiger partial charge in [-0.05, 0) is 31.5 Å². The summed E-state index contributed by atoms with van der Waals surface area (Å²) in [5, 5.41) is 7.13. The van der Waals surface area contributed by atoms with E-state index in [2.05, 4.69) is 15.5 Å². The molecule has 2 fully saturated rings. The molecule has 1 unspecified atom stereocenters. The number of fused-ring (bicyclic) bond motifs is 1. The van der Waals surface area contributed by atoms with Crippen LogP contribution in [0.25, 0.3) is 10.2 Å². The second kappa shape index (κ2) is 8.17. The molecule has 1 amide bonds. The lowest BCUT2D eigenvalue weighted by atomic mass is 10.0. The van der Waals surface area contributed by atoms with Gasteiger partial charge in [0.05, 0.1) is 29.5 Å². The maximum atomic E-state index is 13.2. The fourth-order valence-corrected chi connectivity index (χ4v) is 4.96. The third kappa shape index (κ3) is 3.90. The Morgan fingerprint density at radius 2 is 2.10 bits per heavy atom. The third-order valence-electron chi connectivity index (χ3n) is 5.43. The summed E-state index contributed by atoms with van der Waals surface area (Å²) in [6.07, 6.45) is 2.09. The number of amidine groups is 1. The van der Waals surface area contributed by atoms with Gasteiger partial charge in [0, 0.05) is 19.6 Å². The van der Waals surface area contributed by atoms with Crippen molar-refractivity contribution in [3.05, 3.63) is 29.3 Å². The van der Waals surface area contributed by atoms with Gasteiger partial charge in [-0.3, -0.25) is 15.1 Å². The van der Waals surface area contributed by atoms with Crippen molar-refractivity contribution in [3.63, 3.8) is 0 Å². The van der Waals surface area contributed by atoms with E-state index in [1.165, 1.54) is 11.3 Å².